The standard InChI is InChI=1S/C48H60N4O4/c1-8-10-12-14-16-18-24-51-40-22-20-33(32(3)53)26-38(40)47(4,5)42(51)28-36-44(35(30-49)31-50)37(45(36)54)29-43-48(6,7)39-27-34(46(55)56)21-23-41(39)52(43)25-19-17-15-13-11-9-2/h20-23,26-29,35,44H,8-19,24-25H2,1-7H3,(H-,54,55,56)/p+1. The van der Waals surface area contributed by atoms with Crippen LogP contribution in [0.3, 0.4) is 0 Å². The average Bonchev–Trinajstić information content (AvgIpc) is 3.51. The van der Waals surface area contributed by atoms with E-state index >= 15 is 0 Å². The van der Waals surface area contributed by atoms with Crippen molar-refractivity contribution < 1.29 is 24.4 Å². The maximum Gasteiger partial charge on any atom is 0.335 e. The quantitative estimate of drug-likeness (QED) is 0.0829. The summed E-state index contributed by atoms with van der Waals surface area (Å²) in [6, 6.07) is 15.6. The number of aromatic carboxylic acids is 1. The molecule has 0 spiro atoms. The molecule has 2 aromatic carbocycles. The summed E-state index contributed by atoms with van der Waals surface area (Å²) in [7, 11) is 0. The first kappa shape index (κ1) is 42.2. The highest BCUT2D eigenvalue weighted by atomic mass is 16.4. The third-order valence-electron chi connectivity index (χ3n) is 12.3. The van der Waals surface area contributed by atoms with Crippen LogP contribution in [0.5, 0.6) is 0 Å². The first-order valence-corrected chi connectivity index (χ1v) is 20.9. The second-order valence-corrected chi connectivity index (χ2v) is 16.9. The predicted molar refractivity (Wildman–Crippen MR) is 224 cm³/mol. The Hall–Kier alpha value is -4.95. The molecule has 2 N–H and O–H groups in total. The number of nitrogens with zero attached hydrogens (tertiary/aromatic N) is 4. The van der Waals surface area contributed by atoms with Gasteiger partial charge in [0.2, 0.25) is 5.69 Å². The van der Waals surface area contributed by atoms with E-state index in [2.05, 4.69) is 63.2 Å². The molecule has 1 atom stereocenters. The molecule has 8 heteroatoms. The Balaban J connectivity index is 1.61. The van der Waals surface area contributed by atoms with E-state index in [0.29, 0.717) is 16.7 Å². The van der Waals surface area contributed by atoms with Crippen molar-refractivity contribution in [2.45, 2.75) is 136 Å². The molecular formula is C48H61N4O4+. The molecule has 296 valence electrons. The maximum atomic E-state index is 12.5. The molecule has 2 heterocycles. The molecule has 1 unspecified atom stereocenters. The first-order valence-electron chi connectivity index (χ1n) is 20.9. The van der Waals surface area contributed by atoms with Crippen LogP contribution >= 0.6 is 0 Å². The SMILES string of the molecule is CCCCCCCCN1/C(=C/C2=C(O)C(=C\C3=[N+](CCCCCCCC)c4ccc(C(=O)O)cc4C3(C)C)/C2C(C#N)C#N)C(C)(C)c2cc(C(C)=O)ccc21. The van der Waals surface area contributed by atoms with Crippen LogP contribution in [0.15, 0.2) is 71.2 Å². The molecule has 0 saturated carbocycles. The van der Waals surface area contributed by atoms with E-state index in [0.717, 1.165) is 79.1 Å². The van der Waals surface area contributed by atoms with Gasteiger partial charge in [0, 0.05) is 70.1 Å². The van der Waals surface area contributed by atoms with Crippen LogP contribution in [0.4, 0.5) is 11.4 Å². The number of ketones is 1. The second kappa shape index (κ2) is 17.9. The van der Waals surface area contributed by atoms with Crippen molar-refractivity contribution in [3.8, 4) is 12.1 Å². The molecular weight excluding hydrogens is 697 g/mol. The van der Waals surface area contributed by atoms with Gasteiger partial charge < -0.3 is 15.1 Å². The second-order valence-electron chi connectivity index (χ2n) is 16.9. The molecule has 0 bridgehead atoms. The van der Waals surface area contributed by atoms with Crippen molar-refractivity contribution in [1.82, 2.24) is 0 Å². The Kier molecular flexibility index (Phi) is 13.5. The molecule has 0 saturated heterocycles. The Morgan fingerprint density at radius 1 is 0.821 bits per heavy atom. The summed E-state index contributed by atoms with van der Waals surface area (Å²) in [5.41, 5.74) is 6.64. The lowest BCUT2D eigenvalue weighted by Crippen LogP contribution is -2.34. The van der Waals surface area contributed by atoms with Crippen LogP contribution in [0.1, 0.15) is 157 Å². The number of carboxylic acids is 1. The van der Waals surface area contributed by atoms with Gasteiger partial charge in [-0.1, -0.05) is 85.5 Å². The van der Waals surface area contributed by atoms with Crippen LogP contribution in [0, 0.1) is 34.5 Å². The Labute approximate surface area is 334 Å². The number of Topliss-reactive ketones (excluding diaryl/α,β-unsaturated/α-hetero) is 1. The number of benzene rings is 2. The average molecular weight is 758 g/mol. The number of carbonyl (C=O) groups excluding carboxylic acids is 1. The van der Waals surface area contributed by atoms with Gasteiger partial charge in [0.15, 0.2) is 11.5 Å². The zero-order chi connectivity index (χ0) is 40.8. The highest BCUT2D eigenvalue weighted by Crippen LogP contribution is 2.52. The minimum atomic E-state index is -1.04. The van der Waals surface area contributed by atoms with E-state index in [1.54, 1.807) is 19.1 Å². The first-order chi connectivity index (χ1) is 26.7. The van der Waals surface area contributed by atoms with Gasteiger partial charge in [-0.3, -0.25) is 4.79 Å². The summed E-state index contributed by atoms with van der Waals surface area (Å²) in [5.74, 6) is -2.61. The minimum Gasteiger partial charge on any atom is -0.507 e. The predicted octanol–water partition coefficient (Wildman–Crippen LogP) is 11.4. The number of nitriles is 2. The van der Waals surface area contributed by atoms with Crippen molar-refractivity contribution in [2.24, 2.45) is 11.8 Å². The molecule has 0 fully saturated rings. The van der Waals surface area contributed by atoms with Crippen LogP contribution < -0.4 is 4.90 Å². The van der Waals surface area contributed by atoms with Crippen molar-refractivity contribution in [3.63, 3.8) is 0 Å². The zero-order valence-electron chi connectivity index (χ0n) is 34.7. The molecule has 2 aromatic rings. The molecule has 0 amide bonds. The van der Waals surface area contributed by atoms with E-state index in [1.807, 2.05) is 36.4 Å². The van der Waals surface area contributed by atoms with Crippen molar-refractivity contribution in [3.05, 3.63) is 93.4 Å². The Morgan fingerprint density at radius 2 is 1.41 bits per heavy atom. The summed E-state index contributed by atoms with van der Waals surface area (Å²) in [4.78, 5) is 26.8. The fourth-order valence-electron chi connectivity index (χ4n) is 8.90. The number of fused-ring (bicyclic) bond motifs is 2. The van der Waals surface area contributed by atoms with E-state index in [-0.39, 0.29) is 17.1 Å². The highest BCUT2D eigenvalue weighted by Gasteiger charge is 2.49. The maximum absolute atomic E-state index is 12.5. The molecule has 8 nitrogen and oxygen atoms in total. The van der Waals surface area contributed by atoms with Gasteiger partial charge in [-0.15, -0.1) is 0 Å². The smallest absolute Gasteiger partial charge is 0.335 e. The molecule has 56 heavy (non-hydrogen) atoms. The number of hydrogen-bond donors (Lipinski definition) is 2. The lowest BCUT2D eigenvalue weighted by molar-refractivity contribution is -0.438. The number of carbonyl (C=O) groups is 2. The van der Waals surface area contributed by atoms with E-state index in [9.17, 15) is 30.3 Å². The number of unbranched alkanes of at least 4 members (excludes halogenated alkanes) is 10. The lowest BCUT2D eigenvalue weighted by Gasteiger charge is -2.35. The summed E-state index contributed by atoms with van der Waals surface area (Å²) < 4.78 is 2.24. The van der Waals surface area contributed by atoms with Gasteiger partial charge in [-0.25, -0.2) is 4.79 Å². The Bertz CT molecular complexity index is 2040. The number of allylic oxidation sites excluding steroid dienone is 5. The number of anilines is 1. The molecule has 1 aliphatic carbocycles. The highest BCUT2D eigenvalue weighted by molar-refractivity contribution is 6.05. The topological polar surface area (TPSA) is 128 Å². The van der Waals surface area contributed by atoms with Crippen LogP contribution in [0.25, 0.3) is 0 Å². The van der Waals surface area contributed by atoms with Gasteiger partial charge >= 0.3 is 5.97 Å². The molecule has 0 aromatic heterocycles. The number of aliphatic hydroxyl groups excluding tert-OH is 1. The largest absolute Gasteiger partial charge is 0.507 e. The van der Waals surface area contributed by atoms with Crippen LogP contribution in [0.2, 0.25) is 0 Å². The van der Waals surface area contributed by atoms with Crippen molar-refractivity contribution in [2.75, 3.05) is 18.0 Å². The van der Waals surface area contributed by atoms with Gasteiger partial charge in [0.25, 0.3) is 0 Å². The number of hydrogen-bond acceptors (Lipinski definition) is 6. The third kappa shape index (κ3) is 8.27. The molecule has 5 rings (SSSR count). The number of carboxylic acid groups (broad SMARTS) is 1. The molecule has 0 radical (unpaired) electrons. The van der Waals surface area contributed by atoms with E-state index in [1.165, 1.54) is 44.9 Å². The molecule has 3 aliphatic rings. The Morgan fingerprint density at radius 3 is 2.02 bits per heavy atom. The lowest BCUT2D eigenvalue weighted by atomic mass is 9.68. The van der Waals surface area contributed by atoms with E-state index < -0.39 is 28.6 Å². The number of aliphatic hydroxyl groups is 1. The normalized spacial score (nSPS) is 19.3. The monoisotopic (exact) mass is 757 g/mol. The number of rotatable bonds is 19. The van der Waals surface area contributed by atoms with Gasteiger partial charge in [-0.05, 0) is 75.6 Å². The fourth-order valence-corrected chi connectivity index (χ4v) is 8.90. The van der Waals surface area contributed by atoms with Gasteiger partial charge in [0.05, 0.1) is 23.1 Å². The van der Waals surface area contributed by atoms with Gasteiger partial charge in [-0.2, -0.15) is 15.1 Å². The minimum absolute atomic E-state index is 0.00258. The van der Waals surface area contributed by atoms with Crippen LogP contribution in [-0.4, -0.2) is 45.3 Å². The molecule has 2 aliphatic heterocycles. The fraction of sp³-hybridized carbons (Fsp3) is 0.521. The summed E-state index contributed by atoms with van der Waals surface area (Å²) in [6.45, 7) is 15.9. The third-order valence-corrected chi connectivity index (χ3v) is 12.3. The van der Waals surface area contributed by atoms with Crippen molar-refractivity contribution >= 4 is 28.8 Å². The summed E-state index contributed by atoms with van der Waals surface area (Å²) in [5, 5.41) is 42.6. The van der Waals surface area contributed by atoms with E-state index in [4.69, 9.17) is 0 Å². The van der Waals surface area contributed by atoms with Gasteiger partial charge in [0.1, 0.15) is 18.2 Å². The summed E-state index contributed by atoms with van der Waals surface area (Å²) in [6.07, 6.45) is 17.6. The van der Waals surface area contributed by atoms with Crippen molar-refractivity contribution in [1.29, 1.82) is 10.5 Å². The van der Waals surface area contributed by atoms with Crippen LogP contribution in [-0.2, 0) is 10.8 Å². The summed E-state index contributed by atoms with van der Waals surface area (Å²) >= 11 is 0. The zero-order valence-corrected chi connectivity index (χ0v) is 34.7.